The first kappa shape index (κ1) is 11.9. The van der Waals surface area contributed by atoms with Crippen molar-refractivity contribution < 1.29 is 19.7 Å². The quantitative estimate of drug-likeness (QED) is 0.220. The third-order valence-corrected chi connectivity index (χ3v) is 1.35. The number of carbonyl (C=O) groups is 1. The number of amides is 1. The molecule has 0 spiro atoms. The van der Waals surface area contributed by atoms with Gasteiger partial charge in [-0.25, -0.2) is 15.6 Å². The predicted molar refractivity (Wildman–Crippen MR) is 45.5 cm³/mol. The summed E-state index contributed by atoms with van der Waals surface area (Å²) in [5.74, 6) is 5.23. The summed E-state index contributed by atoms with van der Waals surface area (Å²) in [6.07, 6.45) is 0.576. The molecule has 0 rings (SSSR count). The van der Waals surface area contributed by atoms with E-state index in [4.69, 9.17) is 16.1 Å². The molecule has 0 atom stereocenters. The van der Waals surface area contributed by atoms with Gasteiger partial charge in [-0.05, 0) is 0 Å². The Hall–Kier alpha value is -1.11. The summed E-state index contributed by atoms with van der Waals surface area (Å²) in [5.41, 5.74) is 0. The van der Waals surface area contributed by atoms with Crippen molar-refractivity contribution in [3.63, 3.8) is 0 Å². The average molecular weight is 190 g/mol. The highest BCUT2D eigenvalue weighted by molar-refractivity contribution is 5.67. The van der Waals surface area contributed by atoms with E-state index in [-0.39, 0.29) is 6.61 Å². The molecule has 6 heteroatoms. The molecular weight excluding hydrogens is 176 g/mol. The highest BCUT2D eigenvalue weighted by atomic mass is 16.6. The Labute approximate surface area is 76.2 Å². The molecule has 0 saturated heterocycles. The Bertz CT molecular complexity index is 170. The maximum atomic E-state index is 11.0. The summed E-state index contributed by atoms with van der Waals surface area (Å²) < 4.78 is 4.56. The van der Waals surface area contributed by atoms with Crippen LogP contribution in [0, 0.1) is 0 Å². The maximum Gasteiger partial charge on any atom is 0.424 e. The van der Waals surface area contributed by atoms with Crippen LogP contribution in [0.4, 0.5) is 4.79 Å². The minimum atomic E-state index is -0.836. The van der Waals surface area contributed by atoms with Gasteiger partial charge in [0.25, 0.3) is 0 Å². The van der Waals surface area contributed by atoms with Gasteiger partial charge >= 0.3 is 6.09 Å². The summed E-state index contributed by atoms with van der Waals surface area (Å²) in [6.45, 7) is 2.54. The van der Waals surface area contributed by atoms with E-state index in [1.54, 1.807) is 0 Å². The molecule has 0 aliphatic rings. The van der Waals surface area contributed by atoms with Gasteiger partial charge in [-0.2, -0.15) is 0 Å². The van der Waals surface area contributed by atoms with Crippen LogP contribution in [0.25, 0.3) is 0 Å². The van der Waals surface area contributed by atoms with Crippen molar-refractivity contribution in [2.45, 2.75) is 6.04 Å². The highest BCUT2D eigenvalue weighted by Crippen LogP contribution is 1.95. The van der Waals surface area contributed by atoms with Crippen LogP contribution in [0.2, 0.25) is 0 Å². The van der Waals surface area contributed by atoms with Crippen LogP contribution in [0.15, 0.2) is 12.7 Å². The summed E-state index contributed by atoms with van der Waals surface area (Å²) in [7, 11) is 0. The van der Waals surface area contributed by atoms with Crippen molar-refractivity contribution in [1.29, 1.82) is 0 Å². The fraction of sp³-hybridized carbons (Fsp3) is 0.571. The molecular formula is C7H14N2O4. The van der Waals surface area contributed by atoms with Crippen LogP contribution in [-0.2, 0) is 4.74 Å². The third-order valence-electron chi connectivity index (χ3n) is 1.35. The first-order chi connectivity index (χ1) is 6.17. The molecule has 0 aromatic heterocycles. The van der Waals surface area contributed by atoms with E-state index in [0.29, 0.717) is 5.01 Å². The van der Waals surface area contributed by atoms with Crippen LogP contribution in [-0.4, -0.2) is 47.2 Å². The molecule has 0 unspecified atom stereocenters. The van der Waals surface area contributed by atoms with Crippen LogP contribution in [0.1, 0.15) is 0 Å². The molecule has 1 amide bonds. The number of aliphatic hydroxyl groups is 2. The number of carbonyl (C=O) groups excluding carboxylic acids is 1. The lowest BCUT2D eigenvalue weighted by atomic mass is 10.3. The van der Waals surface area contributed by atoms with Gasteiger partial charge in [-0.3, -0.25) is 0 Å². The summed E-state index contributed by atoms with van der Waals surface area (Å²) in [4.78, 5) is 11.0. The standard InChI is InChI=1S/C7H14N2O4/c1-2-3-13-7(12)9(8)6(4-10)5-11/h2,6,10-11H,1,3-5,8H2. The van der Waals surface area contributed by atoms with Crippen molar-refractivity contribution in [3.8, 4) is 0 Å². The van der Waals surface area contributed by atoms with Crippen molar-refractivity contribution >= 4 is 6.09 Å². The van der Waals surface area contributed by atoms with Crippen LogP contribution >= 0.6 is 0 Å². The second-order valence-corrected chi connectivity index (χ2v) is 2.29. The second kappa shape index (κ2) is 6.41. The first-order valence-electron chi connectivity index (χ1n) is 3.70. The zero-order chi connectivity index (χ0) is 10.3. The third kappa shape index (κ3) is 3.88. The van der Waals surface area contributed by atoms with E-state index in [1.807, 2.05) is 0 Å². The fourth-order valence-corrected chi connectivity index (χ4v) is 0.587. The van der Waals surface area contributed by atoms with Crippen molar-refractivity contribution in [2.75, 3.05) is 19.8 Å². The number of rotatable bonds is 5. The van der Waals surface area contributed by atoms with Crippen molar-refractivity contribution in [1.82, 2.24) is 5.01 Å². The zero-order valence-electron chi connectivity index (χ0n) is 7.22. The lowest BCUT2D eigenvalue weighted by molar-refractivity contribution is 0.0523. The molecule has 0 aliphatic heterocycles. The topological polar surface area (TPSA) is 96.0 Å². The Morgan fingerprint density at radius 2 is 2.15 bits per heavy atom. The molecule has 4 N–H and O–H groups in total. The molecule has 0 aliphatic carbocycles. The van der Waals surface area contributed by atoms with Gasteiger partial charge in [0.1, 0.15) is 6.61 Å². The minimum Gasteiger partial charge on any atom is -0.444 e. The highest BCUT2D eigenvalue weighted by Gasteiger charge is 2.19. The lowest BCUT2D eigenvalue weighted by Crippen LogP contribution is -2.49. The largest absolute Gasteiger partial charge is 0.444 e. The number of ether oxygens (including phenoxy) is 1. The number of nitrogens with zero attached hydrogens (tertiary/aromatic N) is 1. The molecule has 76 valence electrons. The number of hydrazine groups is 1. The number of aliphatic hydroxyl groups excluding tert-OH is 2. The molecule has 0 radical (unpaired) electrons. The summed E-state index contributed by atoms with van der Waals surface area (Å²) >= 11 is 0. The van der Waals surface area contributed by atoms with E-state index in [0.717, 1.165) is 0 Å². The first-order valence-corrected chi connectivity index (χ1v) is 3.70. The smallest absolute Gasteiger partial charge is 0.424 e. The molecule has 13 heavy (non-hydrogen) atoms. The monoisotopic (exact) mass is 190 g/mol. The molecule has 0 aromatic carbocycles. The normalized spacial score (nSPS) is 9.85. The van der Waals surface area contributed by atoms with E-state index in [9.17, 15) is 4.79 Å². The van der Waals surface area contributed by atoms with Gasteiger partial charge in [0, 0.05) is 0 Å². The summed E-state index contributed by atoms with van der Waals surface area (Å²) in [5, 5.41) is 18.0. The lowest BCUT2D eigenvalue weighted by Gasteiger charge is -2.22. The molecule has 0 heterocycles. The average Bonchev–Trinajstić information content (AvgIpc) is 2.15. The van der Waals surface area contributed by atoms with Gasteiger partial charge in [0.2, 0.25) is 0 Å². The van der Waals surface area contributed by atoms with Gasteiger partial charge in [0.05, 0.1) is 19.3 Å². The Kier molecular flexibility index (Phi) is 5.86. The Morgan fingerprint density at radius 1 is 1.62 bits per heavy atom. The number of hydrogen-bond donors (Lipinski definition) is 3. The number of nitrogens with two attached hydrogens (primary N) is 1. The van der Waals surface area contributed by atoms with E-state index in [1.165, 1.54) is 6.08 Å². The molecule has 0 aromatic rings. The molecule has 0 saturated carbocycles. The Balaban J connectivity index is 3.98. The maximum absolute atomic E-state index is 11.0. The minimum absolute atomic E-state index is 0.0378. The van der Waals surface area contributed by atoms with Gasteiger partial charge in [-0.15, -0.1) is 0 Å². The van der Waals surface area contributed by atoms with Crippen molar-refractivity contribution in [2.24, 2.45) is 5.84 Å². The second-order valence-electron chi connectivity index (χ2n) is 2.29. The number of hydrogen-bond acceptors (Lipinski definition) is 5. The predicted octanol–water partition coefficient (Wildman–Crippen LogP) is -1.16. The molecule has 0 bridgehead atoms. The zero-order valence-corrected chi connectivity index (χ0v) is 7.22. The van der Waals surface area contributed by atoms with Gasteiger partial charge in [0.15, 0.2) is 0 Å². The fourth-order valence-electron chi connectivity index (χ4n) is 0.587. The van der Waals surface area contributed by atoms with Gasteiger partial charge < -0.3 is 14.9 Å². The van der Waals surface area contributed by atoms with Crippen LogP contribution in [0.5, 0.6) is 0 Å². The molecule has 0 fully saturated rings. The van der Waals surface area contributed by atoms with E-state index in [2.05, 4.69) is 11.3 Å². The summed E-state index contributed by atoms with van der Waals surface area (Å²) in [6, 6.07) is -0.836. The van der Waals surface area contributed by atoms with Crippen LogP contribution in [0.3, 0.4) is 0 Å². The van der Waals surface area contributed by atoms with Crippen molar-refractivity contribution in [3.05, 3.63) is 12.7 Å². The van der Waals surface area contributed by atoms with E-state index >= 15 is 0 Å². The molecule has 6 nitrogen and oxygen atoms in total. The van der Waals surface area contributed by atoms with Gasteiger partial charge in [-0.1, -0.05) is 12.7 Å². The van der Waals surface area contributed by atoms with E-state index < -0.39 is 25.3 Å². The van der Waals surface area contributed by atoms with Crippen LogP contribution < -0.4 is 5.84 Å². The SMILES string of the molecule is C=CCOC(=O)N(N)C(CO)CO. The Morgan fingerprint density at radius 3 is 2.54 bits per heavy atom.